The van der Waals surface area contributed by atoms with Gasteiger partial charge < -0.3 is 15.8 Å². The fourth-order valence-electron chi connectivity index (χ4n) is 1.81. The Balaban J connectivity index is 1.78. The Hall–Kier alpha value is -1.85. The van der Waals surface area contributed by atoms with Gasteiger partial charge in [0, 0.05) is 17.6 Å². The molecular formula is C16H17BrN2O2. The molecule has 1 amide bonds. The number of nitrogens with two attached hydrogens (primary N) is 1. The largest absolute Gasteiger partial charge is 0.484 e. The molecule has 0 radical (unpaired) electrons. The van der Waals surface area contributed by atoms with Gasteiger partial charge in [-0.05, 0) is 35.4 Å². The van der Waals surface area contributed by atoms with Crippen molar-refractivity contribution in [1.82, 2.24) is 5.32 Å². The van der Waals surface area contributed by atoms with Gasteiger partial charge in [0.1, 0.15) is 5.75 Å². The molecule has 0 bridgehead atoms. The number of primary amides is 1. The molecule has 21 heavy (non-hydrogen) atoms. The van der Waals surface area contributed by atoms with E-state index in [1.807, 2.05) is 36.4 Å². The Morgan fingerprint density at radius 3 is 2.05 bits per heavy atom. The molecule has 5 heteroatoms. The first kappa shape index (κ1) is 15.5. The highest BCUT2D eigenvalue weighted by atomic mass is 79.9. The van der Waals surface area contributed by atoms with E-state index in [0.717, 1.165) is 23.1 Å². The van der Waals surface area contributed by atoms with E-state index in [4.69, 9.17) is 10.5 Å². The average Bonchev–Trinajstić information content (AvgIpc) is 2.48. The number of carbonyl (C=O) groups is 1. The van der Waals surface area contributed by atoms with Crippen LogP contribution in [0, 0.1) is 0 Å². The highest BCUT2D eigenvalue weighted by molar-refractivity contribution is 9.10. The third-order valence-electron chi connectivity index (χ3n) is 2.88. The van der Waals surface area contributed by atoms with Gasteiger partial charge in [0.25, 0.3) is 5.91 Å². The molecule has 2 rings (SSSR count). The van der Waals surface area contributed by atoms with Crippen molar-refractivity contribution in [3.63, 3.8) is 0 Å². The van der Waals surface area contributed by atoms with Crippen LogP contribution in [0.1, 0.15) is 11.1 Å². The highest BCUT2D eigenvalue weighted by Gasteiger charge is 1.99. The van der Waals surface area contributed by atoms with Gasteiger partial charge in [-0.1, -0.05) is 40.2 Å². The number of carbonyl (C=O) groups excluding carboxylic acids is 1. The van der Waals surface area contributed by atoms with Crippen molar-refractivity contribution in [1.29, 1.82) is 0 Å². The van der Waals surface area contributed by atoms with Crippen molar-refractivity contribution < 1.29 is 9.53 Å². The van der Waals surface area contributed by atoms with Crippen LogP contribution in [0.25, 0.3) is 0 Å². The smallest absolute Gasteiger partial charge is 0.255 e. The van der Waals surface area contributed by atoms with Gasteiger partial charge in [-0.2, -0.15) is 0 Å². The lowest BCUT2D eigenvalue weighted by Crippen LogP contribution is -2.20. The molecule has 0 aliphatic heterocycles. The lowest BCUT2D eigenvalue weighted by atomic mass is 10.2. The quantitative estimate of drug-likeness (QED) is 0.808. The van der Waals surface area contributed by atoms with E-state index < -0.39 is 5.91 Å². The van der Waals surface area contributed by atoms with Gasteiger partial charge in [0.2, 0.25) is 0 Å². The van der Waals surface area contributed by atoms with Crippen molar-refractivity contribution in [3.05, 3.63) is 64.1 Å². The van der Waals surface area contributed by atoms with E-state index in [2.05, 4.69) is 33.4 Å². The maximum absolute atomic E-state index is 10.6. The second-order valence-electron chi connectivity index (χ2n) is 4.63. The Labute approximate surface area is 132 Å². The Morgan fingerprint density at radius 2 is 1.52 bits per heavy atom. The zero-order valence-electron chi connectivity index (χ0n) is 11.5. The summed E-state index contributed by atoms with van der Waals surface area (Å²) in [6.07, 6.45) is 0. The molecule has 0 saturated heterocycles. The topological polar surface area (TPSA) is 64.4 Å². The fraction of sp³-hybridized carbons (Fsp3) is 0.188. The molecule has 2 aromatic carbocycles. The normalized spacial score (nSPS) is 10.3. The molecule has 0 aliphatic rings. The van der Waals surface area contributed by atoms with Crippen molar-refractivity contribution in [3.8, 4) is 5.75 Å². The minimum Gasteiger partial charge on any atom is -0.484 e. The zero-order valence-corrected chi connectivity index (χ0v) is 13.1. The van der Waals surface area contributed by atoms with Crippen molar-refractivity contribution in [2.75, 3.05) is 6.61 Å². The molecule has 0 aliphatic carbocycles. The number of ether oxygens (including phenoxy) is 1. The van der Waals surface area contributed by atoms with Crippen molar-refractivity contribution >= 4 is 21.8 Å². The van der Waals surface area contributed by atoms with E-state index in [-0.39, 0.29) is 6.61 Å². The van der Waals surface area contributed by atoms with Crippen LogP contribution in [0.4, 0.5) is 0 Å². The third kappa shape index (κ3) is 5.57. The maximum Gasteiger partial charge on any atom is 0.255 e. The third-order valence-corrected chi connectivity index (χ3v) is 3.40. The molecule has 0 spiro atoms. The first-order valence-electron chi connectivity index (χ1n) is 6.59. The van der Waals surface area contributed by atoms with Crippen molar-refractivity contribution in [2.45, 2.75) is 13.1 Å². The monoisotopic (exact) mass is 348 g/mol. The van der Waals surface area contributed by atoms with E-state index in [1.165, 1.54) is 5.56 Å². The lowest BCUT2D eigenvalue weighted by Gasteiger charge is -2.07. The lowest BCUT2D eigenvalue weighted by molar-refractivity contribution is -0.119. The van der Waals surface area contributed by atoms with E-state index in [1.54, 1.807) is 0 Å². The Morgan fingerprint density at radius 1 is 1.00 bits per heavy atom. The summed E-state index contributed by atoms with van der Waals surface area (Å²) in [5.41, 5.74) is 7.41. The van der Waals surface area contributed by atoms with Crippen LogP contribution in [-0.2, 0) is 17.9 Å². The van der Waals surface area contributed by atoms with Gasteiger partial charge in [0.15, 0.2) is 6.61 Å². The minimum atomic E-state index is -0.477. The Kier molecular flexibility index (Phi) is 5.78. The number of benzene rings is 2. The number of halogens is 1. The van der Waals surface area contributed by atoms with Gasteiger partial charge >= 0.3 is 0 Å². The summed E-state index contributed by atoms with van der Waals surface area (Å²) in [6.45, 7) is 1.49. The van der Waals surface area contributed by atoms with E-state index >= 15 is 0 Å². The van der Waals surface area contributed by atoms with E-state index in [9.17, 15) is 4.79 Å². The summed E-state index contributed by atoms with van der Waals surface area (Å²) in [5.74, 6) is 0.167. The molecule has 0 fully saturated rings. The molecule has 0 heterocycles. The van der Waals surface area contributed by atoms with Crippen molar-refractivity contribution in [2.24, 2.45) is 5.73 Å². The minimum absolute atomic E-state index is 0.0961. The molecule has 3 N–H and O–H groups in total. The second kappa shape index (κ2) is 7.81. The molecule has 0 aromatic heterocycles. The molecule has 4 nitrogen and oxygen atoms in total. The summed E-state index contributed by atoms with van der Waals surface area (Å²) in [5, 5.41) is 3.38. The summed E-state index contributed by atoms with van der Waals surface area (Å²) in [4.78, 5) is 10.6. The first-order chi connectivity index (χ1) is 10.1. The van der Waals surface area contributed by atoms with Crippen LogP contribution >= 0.6 is 15.9 Å². The van der Waals surface area contributed by atoms with E-state index in [0.29, 0.717) is 5.75 Å². The van der Waals surface area contributed by atoms with Gasteiger partial charge in [-0.15, -0.1) is 0 Å². The predicted octanol–water partition coefficient (Wildman–Crippen LogP) is 2.60. The van der Waals surface area contributed by atoms with Crippen LogP contribution in [0.5, 0.6) is 5.75 Å². The number of hydrogen-bond acceptors (Lipinski definition) is 3. The number of hydrogen-bond donors (Lipinski definition) is 2. The predicted molar refractivity (Wildman–Crippen MR) is 85.8 cm³/mol. The van der Waals surface area contributed by atoms with Crippen LogP contribution in [0.2, 0.25) is 0 Å². The average molecular weight is 349 g/mol. The number of amides is 1. The fourth-order valence-corrected chi connectivity index (χ4v) is 2.08. The number of nitrogens with one attached hydrogen (secondary N) is 1. The molecule has 0 unspecified atom stereocenters. The first-order valence-corrected chi connectivity index (χ1v) is 7.38. The van der Waals surface area contributed by atoms with Crippen LogP contribution < -0.4 is 15.8 Å². The second-order valence-corrected chi connectivity index (χ2v) is 5.54. The van der Waals surface area contributed by atoms with Gasteiger partial charge in [-0.3, -0.25) is 4.79 Å². The molecule has 0 atom stereocenters. The van der Waals surface area contributed by atoms with Crippen LogP contribution in [0.3, 0.4) is 0 Å². The SMILES string of the molecule is NC(=O)COc1ccc(CNCc2ccc(Br)cc2)cc1. The maximum atomic E-state index is 10.6. The van der Waals surface area contributed by atoms with Gasteiger partial charge in [-0.25, -0.2) is 0 Å². The van der Waals surface area contributed by atoms with Crippen LogP contribution in [-0.4, -0.2) is 12.5 Å². The molecular weight excluding hydrogens is 332 g/mol. The molecule has 2 aromatic rings. The van der Waals surface area contributed by atoms with Crippen LogP contribution in [0.15, 0.2) is 53.0 Å². The zero-order chi connectivity index (χ0) is 15.1. The highest BCUT2D eigenvalue weighted by Crippen LogP contribution is 2.13. The van der Waals surface area contributed by atoms with Gasteiger partial charge in [0.05, 0.1) is 0 Å². The summed E-state index contributed by atoms with van der Waals surface area (Å²) >= 11 is 3.42. The summed E-state index contributed by atoms with van der Waals surface area (Å²) in [7, 11) is 0. The molecule has 0 saturated carbocycles. The summed E-state index contributed by atoms with van der Waals surface area (Å²) < 4.78 is 6.29. The Bertz CT molecular complexity index is 582. The number of rotatable bonds is 7. The molecule has 110 valence electrons. The summed E-state index contributed by atoms with van der Waals surface area (Å²) in [6, 6.07) is 15.8. The standard InChI is InChI=1S/C16H17BrN2O2/c17-14-5-1-12(2-6-14)9-19-10-13-3-7-15(8-4-13)21-11-16(18)20/h1-8,19H,9-11H2,(H2,18,20).